The highest BCUT2D eigenvalue weighted by Crippen LogP contribution is 2.29. The van der Waals surface area contributed by atoms with Gasteiger partial charge in [0.25, 0.3) is 0 Å². The van der Waals surface area contributed by atoms with Gasteiger partial charge in [-0.2, -0.15) is 0 Å². The highest BCUT2D eigenvalue weighted by molar-refractivity contribution is 6.30. The molecule has 0 aliphatic carbocycles. The summed E-state index contributed by atoms with van der Waals surface area (Å²) < 4.78 is 11.8. The van der Waals surface area contributed by atoms with Gasteiger partial charge in [0.15, 0.2) is 11.5 Å². The second kappa shape index (κ2) is 9.67. The lowest BCUT2D eigenvalue weighted by Crippen LogP contribution is -2.94. The summed E-state index contributed by atoms with van der Waals surface area (Å²) >= 11 is 5.95. The van der Waals surface area contributed by atoms with Gasteiger partial charge in [0.2, 0.25) is 0 Å². The zero-order valence-electron chi connectivity index (χ0n) is 18.1. The number of benzene rings is 2. The average molecular weight is 405 g/mol. The molecule has 4 heteroatoms. The van der Waals surface area contributed by atoms with Crippen LogP contribution in [0.5, 0.6) is 11.5 Å². The highest BCUT2D eigenvalue weighted by atomic mass is 35.5. The van der Waals surface area contributed by atoms with Gasteiger partial charge >= 0.3 is 0 Å². The van der Waals surface area contributed by atoms with Crippen LogP contribution in [0.1, 0.15) is 59.1 Å². The molecule has 0 fully saturated rings. The van der Waals surface area contributed by atoms with E-state index >= 15 is 0 Å². The second-order valence-corrected chi connectivity index (χ2v) is 9.70. The molecular weight excluding hydrogens is 370 g/mol. The first kappa shape index (κ1) is 22.6. The first-order valence-corrected chi connectivity index (χ1v) is 10.4. The Balaban J connectivity index is 2.03. The van der Waals surface area contributed by atoms with Gasteiger partial charge in [-0.15, -0.1) is 0 Å². The minimum absolute atomic E-state index is 0.188. The van der Waals surface area contributed by atoms with Crippen LogP contribution >= 0.6 is 11.6 Å². The average Bonchev–Trinajstić information content (AvgIpc) is 2.59. The molecule has 0 aliphatic heterocycles. The largest absolute Gasteiger partial charge is 0.490 e. The summed E-state index contributed by atoms with van der Waals surface area (Å²) in [5.41, 5.74) is 2.82. The number of ether oxygens (including phenoxy) is 2. The molecule has 2 rings (SSSR count). The molecule has 0 aromatic heterocycles. The Morgan fingerprint density at radius 2 is 1.50 bits per heavy atom. The summed E-state index contributed by atoms with van der Waals surface area (Å²) in [4.78, 5) is 0. The summed E-state index contributed by atoms with van der Waals surface area (Å²) in [7, 11) is 0. The minimum Gasteiger partial charge on any atom is -0.490 e. The SMILES string of the molecule is CCOc1cc(C[NH2+]C(C)(C)CC(C)(C)C)ccc1OCc1ccc(Cl)cc1. The maximum atomic E-state index is 6.00. The van der Waals surface area contributed by atoms with Crippen molar-refractivity contribution in [3.63, 3.8) is 0 Å². The quantitative estimate of drug-likeness (QED) is 0.590. The van der Waals surface area contributed by atoms with Crippen LogP contribution in [0.15, 0.2) is 42.5 Å². The molecule has 0 saturated carbocycles. The molecule has 0 amide bonds. The molecule has 0 bridgehead atoms. The number of hydrogen-bond donors (Lipinski definition) is 1. The number of rotatable bonds is 9. The van der Waals surface area contributed by atoms with E-state index in [1.54, 1.807) is 0 Å². The molecule has 2 aromatic carbocycles. The van der Waals surface area contributed by atoms with Crippen LogP contribution in [0.4, 0.5) is 0 Å². The molecule has 0 aliphatic rings. The van der Waals surface area contributed by atoms with Crippen LogP contribution < -0.4 is 14.8 Å². The Morgan fingerprint density at radius 3 is 2.11 bits per heavy atom. The molecule has 0 radical (unpaired) electrons. The van der Waals surface area contributed by atoms with Gasteiger partial charge in [-0.3, -0.25) is 0 Å². The topological polar surface area (TPSA) is 35.1 Å². The van der Waals surface area contributed by atoms with Crippen molar-refractivity contribution in [2.24, 2.45) is 5.41 Å². The fourth-order valence-electron chi connectivity index (χ4n) is 3.64. The van der Waals surface area contributed by atoms with Crippen LogP contribution in [-0.4, -0.2) is 12.1 Å². The molecule has 154 valence electrons. The van der Waals surface area contributed by atoms with Crippen LogP contribution in [0.3, 0.4) is 0 Å². The van der Waals surface area contributed by atoms with Gasteiger partial charge in [0.1, 0.15) is 13.2 Å². The first-order valence-electron chi connectivity index (χ1n) is 10.1. The Hall–Kier alpha value is -1.71. The molecule has 3 nitrogen and oxygen atoms in total. The zero-order chi connectivity index (χ0) is 20.8. The molecule has 0 spiro atoms. The highest BCUT2D eigenvalue weighted by Gasteiger charge is 2.28. The van der Waals surface area contributed by atoms with Crippen LogP contribution in [-0.2, 0) is 13.2 Å². The van der Waals surface area contributed by atoms with Crippen molar-refractivity contribution in [1.82, 2.24) is 0 Å². The number of nitrogens with two attached hydrogens (primary N) is 1. The Bertz CT molecular complexity index is 748. The van der Waals surface area contributed by atoms with E-state index in [0.29, 0.717) is 18.6 Å². The van der Waals surface area contributed by atoms with Crippen molar-refractivity contribution >= 4 is 11.6 Å². The maximum absolute atomic E-state index is 6.00. The number of hydrogen-bond acceptors (Lipinski definition) is 2. The maximum Gasteiger partial charge on any atom is 0.161 e. The summed E-state index contributed by atoms with van der Waals surface area (Å²) in [6.07, 6.45) is 1.15. The molecule has 0 unspecified atom stereocenters. The third-order valence-electron chi connectivity index (χ3n) is 4.49. The lowest BCUT2D eigenvalue weighted by molar-refractivity contribution is -0.737. The summed E-state index contributed by atoms with van der Waals surface area (Å²) in [5, 5.41) is 3.14. The van der Waals surface area contributed by atoms with E-state index in [-0.39, 0.29) is 5.54 Å². The van der Waals surface area contributed by atoms with Crippen molar-refractivity contribution in [2.45, 2.75) is 66.7 Å². The smallest absolute Gasteiger partial charge is 0.161 e. The number of halogens is 1. The summed E-state index contributed by atoms with van der Waals surface area (Å²) in [6, 6.07) is 13.9. The van der Waals surface area contributed by atoms with Gasteiger partial charge in [-0.1, -0.05) is 44.5 Å². The van der Waals surface area contributed by atoms with Crippen LogP contribution in [0.25, 0.3) is 0 Å². The summed E-state index contributed by atoms with van der Waals surface area (Å²) in [5.74, 6) is 1.57. The molecule has 2 aromatic rings. The Kier molecular flexibility index (Phi) is 7.79. The normalized spacial score (nSPS) is 12.1. The number of quaternary nitrogens is 1. The standard InChI is InChI=1S/C24H34ClNO2/c1-7-27-22-14-19(15-26-24(5,6)17-23(2,3)4)10-13-21(22)28-16-18-8-11-20(25)12-9-18/h8-14,26H,7,15-17H2,1-6H3/p+1. The van der Waals surface area contributed by atoms with E-state index in [1.165, 1.54) is 5.56 Å². The fraction of sp³-hybridized carbons (Fsp3) is 0.500. The fourth-order valence-corrected chi connectivity index (χ4v) is 3.77. The predicted molar refractivity (Wildman–Crippen MR) is 117 cm³/mol. The lowest BCUT2D eigenvalue weighted by Gasteiger charge is -2.30. The molecule has 0 atom stereocenters. The van der Waals surface area contributed by atoms with Crippen LogP contribution in [0.2, 0.25) is 5.02 Å². The predicted octanol–water partition coefficient (Wildman–Crippen LogP) is 5.60. The van der Waals surface area contributed by atoms with E-state index in [9.17, 15) is 0 Å². The van der Waals surface area contributed by atoms with Crippen molar-refractivity contribution in [3.8, 4) is 11.5 Å². The Labute approximate surface area is 175 Å². The Morgan fingerprint density at radius 1 is 0.857 bits per heavy atom. The molecule has 0 saturated heterocycles. The van der Waals surface area contributed by atoms with Crippen molar-refractivity contribution < 1.29 is 14.8 Å². The van der Waals surface area contributed by atoms with E-state index in [4.69, 9.17) is 21.1 Å². The molecular formula is C24H35ClNO2+. The first-order chi connectivity index (χ1) is 13.1. The van der Waals surface area contributed by atoms with E-state index in [0.717, 1.165) is 35.1 Å². The van der Waals surface area contributed by atoms with Crippen molar-refractivity contribution in [2.75, 3.05) is 6.61 Å². The van der Waals surface area contributed by atoms with Crippen molar-refractivity contribution in [1.29, 1.82) is 0 Å². The third kappa shape index (κ3) is 7.73. The molecule has 2 N–H and O–H groups in total. The van der Waals surface area contributed by atoms with Crippen LogP contribution in [0, 0.1) is 5.41 Å². The zero-order valence-corrected chi connectivity index (χ0v) is 18.9. The second-order valence-electron chi connectivity index (χ2n) is 9.26. The molecule has 28 heavy (non-hydrogen) atoms. The summed E-state index contributed by atoms with van der Waals surface area (Å²) in [6.45, 7) is 15.5. The van der Waals surface area contributed by atoms with Gasteiger partial charge in [0.05, 0.1) is 12.1 Å². The lowest BCUT2D eigenvalue weighted by atomic mass is 9.82. The monoisotopic (exact) mass is 404 g/mol. The van der Waals surface area contributed by atoms with Gasteiger partial charge < -0.3 is 14.8 Å². The minimum atomic E-state index is 0.188. The van der Waals surface area contributed by atoms with E-state index < -0.39 is 0 Å². The van der Waals surface area contributed by atoms with Crippen molar-refractivity contribution in [3.05, 3.63) is 58.6 Å². The molecule has 0 heterocycles. The van der Waals surface area contributed by atoms with E-state index in [1.807, 2.05) is 37.3 Å². The van der Waals surface area contributed by atoms with Gasteiger partial charge in [-0.25, -0.2) is 0 Å². The van der Waals surface area contributed by atoms with E-state index in [2.05, 4.69) is 52.1 Å². The third-order valence-corrected chi connectivity index (χ3v) is 4.74. The van der Waals surface area contributed by atoms with Gasteiger partial charge in [-0.05, 0) is 62.1 Å². The van der Waals surface area contributed by atoms with Gasteiger partial charge in [0, 0.05) is 17.0 Å².